The summed E-state index contributed by atoms with van der Waals surface area (Å²) < 4.78 is 0. The van der Waals surface area contributed by atoms with Crippen LogP contribution in [0, 0.1) is 0 Å². The molecule has 1 amide bonds. The molecule has 106 valence electrons. The monoisotopic (exact) mass is 284 g/mol. The van der Waals surface area contributed by atoms with Gasteiger partial charge in [-0.1, -0.05) is 0 Å². The maximum atomic E-state index is 12.1. The van der Waals surface area contributed by atoms with Crippen LogP contribution in [0.4, 0.5) is 5.69 Å². The van der Waals surface area contributed by atoms with Gasteiger partial charge in [0.15, 0.2) is 5.69 Å². The number of anilines is 1. The fourth-order valence-corrected chi connectivity index (χ4v) is 2.65. The number of carbonyl (C=O) groups is 1. The second kappa shape index (κ2) is 5.83. The van der Waals surface area contributed by atoms with Gasteiger partial charge < -0.3 is 16.2 Å². The maximum absolute atomic E-state index is 12.1. The molecule has 5 N–H and O–H groups in total. The molecule has 2 unspecified atom stereocenters. The Balaban J connectivity index is 2.03. The number of nitrogen functional groups attached to an aromatic ring is 1. The molecule has 0 saturated heterocycles. The molecule has 0 aromatic carbocycles. The molecule has 1 aromatic rings. The van der Waals surface area contributed by atoms with E-state index < -0.39 is 0 Å². The van der Waals surface area contributed by atoms with E-state index in [1.165, 1.54) is 11.8 Å². The van der Waals surface area contributed by atoms with Crippen molar-refractivity contribution in [2.75, 3.05) is 18.6 Å². The molecule has 1 aliphatic rings. The van der Waals surface area contributed by atoms with Crippen LogP contribution in [0.15, 0.2) is 0 Å². The van der Waals surface area contributed by atoms with Crippen molar-refractivity contribution in [2.45, 2.75) is 37.0 Å². The van der Waals surface area contributed by atoms with Crippen LogP contribution in [0.3, 0.4) is 0 Å². The number of aliphatic hydroxyl groups excluding tert-OH is 1. The number of nitrogens with two attached hydrogens (primary N) is 1. The second-order valence-corrected chi connectivity index (χ2v) is 5.97. The summed E-state index contributed by atoms with van der Waals surface area (Å²) in [6.07, 6.45) is 4.10. The van der Waals surface area contributed by atoms with E-state index in [0.29, 0.717) is 11.6 Å². The summed E-state index contributed by atoms with van der Waals surface area (Å²) in [7, 11) is 0. The maximum Gasteiger partial charge on any atom is 0.274 e. The highest BCUT2D eigenvalue weighted by molar-refractivity contribution is 7.99. The zero-order chi connectivity index (χ0) is 14.0. The predicted molar refractivity (Wildman–Crippen MR) is 76.3 cm³/mol. The number of nitrogens with zero attached hydrogens (tertiary/aromatic N) is 1. The van der Waals surface area contributed by atoms with Crippen molar-refractivity contribution in [3.63, 3.8) is 0 Å². The van der Waals surface area contributed by atoms with Gasteiger partial charge in [0, 0.05) is 17.2 Å². The fourth-order valence-electron chi connectivity index (χ4n) is 2.03. The van der Waals surface area contributed by atoms with Gasteiger partial charge in [-0.2, -0.15) is 16.9 Å². The number of carbonyl (C=O) groups excluding carboxylic acids is 1. The van der Waals surface area contributed by atoms with E-state index in [4.69, 9.17) is 5.73 Å². The van der Waals surface area contributed by atoms with Gasteiger partial charge in [-0.25, -0.2) is 0 Å². The Morgan fingerprint density at radius 2 is 2.37 bits per heavy atom. The minimum Gasteiger partial charge on any atom is -0.395 e. The molecule has 2 rings (SSSR count). The molecule has 1 aromatic heterocycles. The Bertz CT molecular complexity index is 455. The van der Waals surface area contributed by atoms with Crippen LogP contribution in [0.2, 0.25) is 0 Å². The van der Waals surface area contributed by atoms with Crippen LogP contribution >= 0.6 is 11.8 Å². The molecule has 1 heterocycles. The lowest BCUT2D eigenvalue weighted by Gasteiger charge is -2.20. The van der Waals surface area contributed by atoms with E-state index >= 15 is 0 Å². The summed E-state index contributed by atoms with van der Waals surface area (Å²) in [4.78, 5) is 12.1. The second-order valence-electron chi connectivity index (χ2n) is 4.89. The summed E-state index contributed by atoms with van der Waals surface area (Å²) in [6, 6.07) is -0.145. The summed E-state index contributed by atoms with van der Waals surface area (Å²) in [5, 5.41) is 18.9. The van der Waals surface area contributed by atoms with Gasteiger partial charge in [0.1, 0.15) is 0 Å². The molecule has 2 atom stereocenters. The van der Waals surface area contributed by atoms with E-state index in [-0.39, 0.29) is 29.5 Å². The Morgan fingerprint density at radius 3 is 2.89 bits per heavy atom. The van der Waals surface area contributed by atoms with Crippen molar-refractivity contribution in [3.05, 3.63) is 11.4 Å². The van der Waals surface area contributed by atoms with Crippen molar-refractivity contribution >= 4 is 23.4 Å². The van der Waals surface area contributed by atoms with Gasteiger partial charge in [0.05, 0.1) is 18.0 Å². The van der Waals surface area contributed by atoms with Crippen LogP contribution in [-0.2, 0) is 0 Å². The van der Waals surface area contributed by atoms with Crippen LogP contribution in [0.5, 0.6) is 0 Å². The molecule has 7 heteroatoms. The topological polar surface area (TPSA) is 104 Å². The number of rotatable bonds is 6. The van der Waals surface area contributed by atoms with E-state index in [1.807, 2.05) is 13.2 Å². The highest BCUT2D eigenvalue weighted by Gasteiger charge is 2.30. The van der Waals surface area contributed by atoms with Crippen LogP contribution < -0.4 is 11.1 Å². The van der Waals surface area contributed by atoms with Crippen molar-refractivity contribution in [3.8, 4) is 0 Å². The molecule has 0 bridgehead atoms. The molecular formula is C12H20N4O2S. The third-order valence-electron chi connectivity index (χ3n) is 3.43. The first-order chi connectivity index (χ1) is 9.08. The molecule has 0 spiro atoms. The van der Waals surface area contributed by atoms with Gasteiger partial charge in [-0.15, -0.1) is 0 Å². The number of thioether (sulfide) groups is 1. The minimum atomic E-state index is -0.291. The van der Waals surface area contributed by atoms with Crippen molar-refractivity contribution in [1.29, 1.82) is 0 Å². The fraction of sp³-hybridized carbons (Fsp3) is 0.667. The molecular weight excluding hydrogens is 264 g/mol. The quantitative estimate of drug-likeness (QED) is 0.616. The number of nitrogens with one attached hydrogen (secondary N) is 2. The first-order valence-corrected chi connectivity index (χ1v) is 7.65. The largest absolute Gasteiger partial charge is 0.395 e. The summed E-state index contributed by atoms with van der Waals surface area (Å²) in [5.41, 5.74) is 7.54. The Labute approximate surface area is 116 Å². The SMILES string of the molecule is CSC(CO)C(C)NC(=O)c1n[nH]c(C2CC2)c1N. The number of aromatic amines is 1. The van der Waals surface area contributed by atoms with Crippen molar-refractivity contribution in [2.24, 2.45) is 0 Å². The number of aliphatic hydroxyl groups is 1. The summed E-state index contributed by atoms with van der Waals surface area (Å²) >= 11 is 1.52. The van der Waals surface area contributed by atoms with E-state index in [9.17, 15) is 9.90 Å². The lowest BCUT2D eigenvalue weighted by atomic mass is 10.2. The number of hydrogen-bond donors (Lipinski definition) is 4. The summed E-state index contributed by atoms with van der Waals surface area (Å²) in [5.74, 6) is 0.142. The van der Waals surface area contributed by atoms with E-state index in [2.05, 4.69) is 15.5 Å². The third-order valence-corrected chi connectivity index (χ3v) is 4.60. The van der Waals surface area contributed by atoms with Crippen LogP contribution in [-0.4, -0.2) is 45.4 Å². The van der Waals surface area contributed by atoms with Gasteiger partial charge in [-0.05, 0) is 26.0 Å². The molecule has 1 aliphatic carbocycles. The van der Waals surface area contributed by atoms with Gasteiger partial charge in [0.25, 0.3) is 5.91 Å². The first-order valence-electron chi connectivity index (χ1n) is 6.36. The molecule has 0 aliphatic heterocycles. The van der Waals surface area contributed by atoms with Crippen molar-refractivity contribution < 1.29 is 9.90 Å². The Hall–Kier alpha value is -1.21. The first kappa shape index (κ1) is 14.2. The number of aromatic nitrogens is 2. The molecule has 19 heavy (non-hydrogen) atoms. The molecule has 1 saturated carbocycles. The normalized spacial score (nSPS) is 18.1. The Kier molecular flexibility index (Phi) is 4.36. The highest BCUT2D eigenvalue weighted by atomic mass is 32.2. The van der Waals surface area contributed by atoms with Gasteiger partial charge >= 0.3 is 0 Å². The number of hydrogen-bond acceptors (Lipinski definition) is 5. The standard InChI is InChI=1S/C12H20N4O2S/c1-6(8(5-17)19-2)14-12(18)11-9(13)10(15-16-11)7-3-4-7/h6-8,17H,3-5,13H2,1-2H3,(H,14,18)(H,15,16). The lowest BCUT2D eigenvalue weighted by molar-refractivity contribution is 0.0932. The van der Waals surface area contributed by atoms with E-state index in [1.54, 1.807) is 0 Å². The van der Waals surface area contributed by atoms with Crippen LogP contribution in [0.25, 0.3) is 0 Å². The smallest absolute Gasteiger partial charge is 0.274 e. The summed E-state index contributed by atoms with van der Waals surface area (Å²) in [6.45, 7) is 1.88. The minimum absolute atomic E-state index is 0.0198. The lowest BCUT2D eigenvalue weighted by Crippen LogP contribution is -2.41. The van der Waals surface area contributed by atoms with Gasteiger partial charge in [-0.3, -0.25) is 9.89 Å². The van der Waals surface area contributed by atoms with Crippen molar-refractivity contribution in [1.82, 2.24) is 15.5 Å². The number of amides is 1. The molecule has 0 radical (unpaired) electrons. The van der Waals surface area contributed by atoms with Crippen LogP contribution in [0.1, 0.15) is 41.9 Å². The highest BCUT2D eigenvalue weighted by Crippen LogP contribution is 2.42. The van der Waals surface area contributed by atoms with E-state index in [0.717, 1.165) is 18.5 Å². The Morgan fingerprint density at radius 1 is 1.68 bits per heavy atom. The predicted octanol–water partition coefficient (Wildman–Crippen LogP) is 0.711. The van der Waals surface area contributed by atoms with Gasteiger partial charge in [0.2, 0.25) is 0 Å². The number of H-pyrrole nitrogens is 1. The molecule has 1 fully saturated rings. The zero-order valence-electron chi connectivity index (χ0n) is 11.1. The average Bonchev–Trinajstić information content (AvgIpc) is 3.14. The zero-order valence-corrected chi connectivity index (χ0v) is 12.0. The third kappa shape index (κ3) is 3.03. The average molecular weight is 284 g/mol. The molecule has 6 nitrogen and oxygen atoms in total.